The van der Waals surface area contributed by atoms with Gasteiger partial charge in [-0.15, -0.1) is 13.2 Å². The highest BCUT2D eigenvalue weighted by Crippen LogP contribution is 2.34. The molecule has 0 aliphatic heterocycles. The summed E-state index contributed by atoms with van der Waals surface area (Å²) in [6, 6.07) is 9.14. The third-order valence-electron chi connectivity index (χ3n) is 3.71. The molecule has 0 aliphatic rings. The van der Waals surface area contributed by atoms with E-state index in [9.17, 15) is 13.2 Å². The smallest absolute Gasteiger partial charge is 0.404 e. The van der Waals surface area contributed by atoms with Crippen LogP contribution in [-0.2, 0) is 0 Å². The molecule has 0 saturated heterocycles. The van der Waals surface area contributed by atoms with Crippen LogP contribution in [0.1, 0.15) is 0 Å². The predicted molar refractivity (Wildman–Crippen MR) is 96.9 cm³/mol. The van der Waals surface area contributed by atoms with E-state index in [-0.39, 0.29) is 5.02 Å². The average molecular weight is 413 g/mol. The number of para-hydroxylation sites is 1. The first kappa shape index (κ1) is 17.7. The lowest BCUT2D eigenvalue weighted by molar-refractivity contribution is -0.274. The van der Waals surface area contributed by atoms with Gasteiger partial charge in [0.15, 0.2) is 11.5 Å². The van der Waals surface area contributed by atoms with Crippen LogP contribution in [0.25, 0.3) is 16.7 Å². The molecule has 0 unspecified atom stereocenters. The van der Waals surface area contributed by atoms with Gasteiger partial charge >= 0.3 is 6.36 Å². The van der Waals surface area contributed by atoms with E-state index in [1.165, 1.54) is 12.1 Å². The van der Waals surface area contributed by atoms with Gasteiger partial charge in [-0.25, -0.2) is 9.97 Å². The number of hydrogen-bond donors (Lipinski definition) is 1. The van der Waals surface area contributed by atoms with Crippen LogP contribution in [0, 0.1) is 0 Å². The molecule has 0 atom stereocenters. The normalized spacial score (nSPS) is 11.9. The number of aromatic nitrogens is 3. The summed E-state index contributed by atoms with van der Waals surface area (Å²) >= 11 is 12.2. The largest absolute Gasteiger partial charge is 0.573 e. The summed E-state index contributed by atoms with van der Waals surface area (Å²) in [7, 11) is 0. The van der Waals surface area contributed by atoms with Crippen molar-refractivity contribution in [3.8, 4) is 5.75 Å². The number of fused-ring (bicyclic) bond motifs is 3. The number of rotatable bonds is 3. The van der Waals surface area contributed by atoms with Crippen LogP contribution in [0.2, 0.25) is 10.0 Å². The number of nitrogens with one attached hydrogen (secondary N) is 1. The van der Waals surface area contributed by atoms with E-state index in [1.807, 2.05) is 0 Å². The second-order valence-electron chi connectivity index (χ2n) is 5.51. The van der Waals surface area contributed by atoms with Crippen molar-refractivity contribution in [3.63, 3.8) is 0 Å². The maximum Gasteiger partial charge on any atom is 0.573 e. The highest BCUT2D eigenvalue weighted by molar-refractivity contribution is 6.35. The molecule has 0 aliphatic carbocycles. The minimum Gasteiger partial charge on any atom is -0.404 e. The van der Waals surface area contributed by atoms with Gasteiger partial charge in [-0.3, -0.25) is 4.40 Å². The zero-order chi connectivity index (χ0) is 19.2. The number of anilines is 2. The van der Waals surface area contributed by atoms with Gasteiger partial charge in [-0.1, -0.05) is 29.3 Å². The first-order valence-corrected chi connectivity index (χ1v) is 8.31. The molecule has 0 spiro atoms. The van der Waals surface area contributed by atoms with Gasteiger partial charge < -0.3 is 10.1 Å². The van der Waals surface area contributed by atoms with Crippen molar-refractivity contribution in [2.24, 2.45) is 0 Å². The monoisotopic (exact) mass is 412 g/mol. The molecule has 2 aromatic carbocycles. The van der Waals surface area contributed by atoms with Gasteiger partial charge in [0, 0.05) is 18.1 Å². The van der Waals surface area contributed by atoms with Crippen LogP contribution in [0.15, 0.2) is 48.8 Å². The maximum atomic E-state index is 12.4. The first-order valence-electron chi connectivity index (χ1n) is 7.55. The number of nitrogens with zero attached hydrogens (tertiary/aromatic N) is 3. The van der Waals surface area contributed by atoms with Gasteiger partial charge in [0.25, 0.3) is 0 Å². The lowest BCUT2D eigenvalue weighted by Gasteiger charge is -2.13. The fourth-order valence-corrected chi connectivity index (χ4v) is 3.15. The fourth-order valence-electron chi connectivity index (χ4n) is 2.67. The molecule has 27 heavy (non-hydrogen) atoms. The molecule has 0 amide bonds. The van der Waals surface area contributed by atoms with Crippen LogP contribution in [0.4, 0.5) is 24.7 Å². The number of alkyl halides is 3. The Morgan fingerprint density at radius 2 is 1.89 bits per heavy atom. The van der Waals surface area contributed by atoms with Crippen LogP contribution in [0.3, 0.4) is 0 Å². The van der Waals surface area contributed by atoms with Crippen molar-refractivity contribution < 1.29 is 17.9 Å². The Bertz CT molecular complexity index is 1160. The zero-order valence-electron chi connectivity index (χ0n) is 13.3. The molecular formula is C17H9Cl2F3N4O. The van der Waals surface area contributed by atoms with E-state index in [0.29, 0.717) is 33.2 Å². The Kier molecular flexibility index (Phi) is 4.24. The minimum absolute atomic E-state index is 0.194. The summed E-state index contributed by atoms with van der Waals surface area (Å²) in [6.07, 6.45) is -1.48. The van der Waals surface area contributed by atoms with Crippen molar-refractivity contribution in [3.05, 3.63) is 58.8 Å². The van der Waals surface area contributed by atoms with Crippen molar-refractivity contribution in [2.45, 2.75) is 6.36 Å². The lowest BCUT2D eigenvalue weighted by atomic mass is 10.3. The topological polar surface area (TPSA) is 51.5 Å². The standard InChI is InChI=1S/C17H9Cl2F3N4O/c18-10-2-1-3-12-14(10)26-7-6-23-16(26)15(25-12)24-9-4-5-13(11(19)8-9)27-17(20,21)22/h1-8H,(H,24,25). The van der Waals surface area contributed by atoms with Gasteiger partial charge in [-0.2, -0.15) is 0 Å². The van der Waals surface area contributed by atoms with E-state index < -0.39 is 12.1 Å². The number of imidazole rings is 1. The summed E-state index contributed by atoms with van der Waals surface area (Å²) < 4.78 is 42.7. The van der Waals surface area contributed by atoms with Crippen molar-refractivity contribution >= 4 is 51.4 Å². The Balaban J connectivity index is 1.75. The van der Waals surface area contributed by atoms with Gasteiger partial charge in [0.2, 0.25) is 0 Å². The van der Waals surface area contributed by atoms with Crippen molar-refractivity contribution in [1.29, 1.82) is 0 Å². The van der Waals surface area contributed by atoms with E-state index in [2.05, 4.69) is 20.0 Å². The summed E-state index contributed by atoms with van der Waals surface area (Å²) in [5, 5.41) is 3.34. The zero-order valence-corrected chi connectivity index (χ0v) is 14.8. The number of benzene rings is 2. The number of halogens is 5. The van der Waals surface area contributed by atoms with Gasteiger partial charge in [-0.05, 0) is 30.3 Å². The summed E-state index contributed by atoms with van der Waals surface area (Å²) in [5.74, 6) is -0.0887. The minimum atomic E-state index is -4.82. The van der Waals surface area contributed by atoms with Crippen LogP contribution in [-0.4, -0.2) is 20.7 Å². The Morgan fingerprint density at radius 1 is 1.07 bits per heavy atom. The molecule has 0 saturated carbocycles. The van der Waals surface area contributed by atoms with E-state index >= 15 is 0 Å². The summed E-state index contributed by atoms with van der Waals surface area (Å²) in [6.45, 7) is 0. The van der Waals surface area contributed by atoms with Gasteiger partial charge in [0.05, 0.1) is 21.1 Å². The second-order valence-corrected chi connectivity index (χ2v) is 6.32. The summed E-state index contributed by atoms with van der Waals surface area (Å²) in [5.41, 5.74) is 2.25. The second kappa shape index (κ2) is 6.47. The molecule has 2 aromatic heterocycles. The van der Waals surface area contributed by atoms with Gasteiger partial charge in [0.1, 0.15) is 5.75 Å². The molecule has 4 aromatic rings. The third-order valence-corrected chi connectivity index (χ3v) is 4.31. The van der Waals surface area contributed by atoms with Crippen LogP contribution >= 0.6 is 23.2 Å². The molecule has 0 bridgehead atoms. The molecule has 0 fully saturated rings. The van der Waals surface area contributed by atoms with E-state index in [1.54, 1.807) is 35.0 Å². The Hall–Kier alpha value is -2.71. The highest BCUT2D eigenvalue weighted by Gasteiger charge is 2.32. The van der Waals surface area contributed by atoms with Crippen molar-refractivity contribution in [1.82, 2.24) is 14.4 Å². The quantitative estimate of drug-likeness (QED) is 0.459. The Morgan fingerprint density at radius 3 is 2.63 bits per heavy atom. The predicted octanol–water partition coefficient (Wildman–Crippen LogP) is 5.83. The molecular weight excluding hydrogens is 404 g/mol. The lowest BCUT2D eigenvalue weighted by Crippen LogP contribution is -2.17. The average Bonchev–Trinajstić information content (AvgIpc) is 3.06. The molecule has 1 N–H and O–H groups in total. The third kappa shape index (κ3) is 3.45. The Labute approximate surface area is 160 Å². The van der Waals surface area contributed by atoms with E-state index in [4.69, 9.17) is 23.2 Å². The molecule has 0 radical (unpaired) electrons. The van der Waals surface area contributed by atoms with Crippen molar-refractivity contribution in [2.75, 3.05) is 5.32 Å². The highest BCUT2D eigenvalue weighted by atomic mass is 35.5. The maximum absolute atomic E-state index is 12.4. The molecule has 4 rings (SSSR count). The molecule has 2 heterocycles. The first-order chi connectivity index (χ1) is 12.8. The molecule has 138 valence electrons. The SMILES string of the molecule is FC(F)(F)Oc1ccc(Nc2nc3cccc(Cl)c3n3ccnc23)cc1Cl. The van der Waals surface area contributed by atoms with E-state index in [0.717, 1.165) is 6.07 Å². The van der Waals surface area contributed by atoms with Crippen LogP contribution < -0.4 is 10.1 Å². The summed E-state index contributed by atoms with van der Waals surface area (Å²) in [4.78, 5) is 8.78. The number of hydrogen-bond acceptors (Lipinski definition) is 4. The molecule has 10 heteroatoms. The number of ether oxygens (including phenoxy) is 1. The molecule has 5 nitrogen and oxygen atoms in total. The fraction of sp³-hybridized carbons (Fsp3) is 0.0588. The van der Waals surface area contributed by atoms with Crippen LogP contribution in [0.5, 0.6) is 5.75 Å².